The Hall–Kier alpha value is -4.06. The van der Waals surface area contributed by atoms with Gasteiger partial charge in [0, 0.05) is 10.9 Å². The third-order valence-corrected chi connectivity index (χ3v) is 4.78. The van der Waals surface area contributed by atoms with Crippen molar-refractivity contribution in [2.24, 2.45) is 0 Å². The van der Waals surface area contributed by atoms with Crippen LogP contribution in [0.2, 0.25) is 0 Å². The largest absolute Gasteiger partial charge is 0.335 e. The lowest BCUT2D eigenvalue weighted by Gasteiger charge is -2.09. The molecule has 29 heavy (non-hydrogen) atoms. The van der Waals surface area contributed by atoms with E-state index < -0.39 is 0 Å². The van der Waals surface area contributed by atoms with Crippen LogP contribution in [0.4, 0.5) is 5.69 Å². The molecule has 0 unspecified atom stereocenters. The lowest BCUT2D eigenvalue weighted by molar-refractivity contribution is 0.102. The Kier molecular flexibility index (Phi) is 4.02. The van der Waals surface area contributed by atoms with Crippen LogP contribution in [0, 0.1) is 6.92 Å². The topological polar surface area (TPSA) is 80.9 Å². The van der Waals surface area contributed by atoms with Gasteiger partial charge in [-0.25, -0.2) is 4.98 Å². The molecule has 0 saturated heterocycles. The summed E-state index contributed by atoms with van der Waals surface area (Å²) in [5.74, 6) is -0.266. The van der Waals surface area contributed by atoms with Crippen LogP contribution in [-0.4, -0.2) is 21.0 Å². The van der Waals surface area contributed by atoms with Gasteiger partial charge in [0.25, 0.3) is 11.6 Å². The fraction of sp³-hybridized carbons (Fsp3) is 0.0435. The third kappa shape index (κ3) is 3.10. The van der Waals surface area contributed by atoms with E-state index >= 15 is 0 Å². The van der Waals surface area contributed by atoms with Crippen molar-refractivity contribution in [1.29, 1.82) is 0 Å². The first-order valence-corrected chi connectivity index (χ1v) is 9.17. The van der Waals surface area contributed by atoms with Crippen molar-refractivity contribution >= 4 is 33.6 Å². The summed E-state index contributed by atoms with van der Waals surface area (Å²) in [5, 5.41) is 8.49. The number of benzene rings is 2. The van der Waals surface area contributed by atoms with E-state index in [4.69, 9.17) is 4.52 Å². The Balaban J connectivity index is 1.58. The lowest BCUT2D eigenvalue weighted by Crippen LogP contribution is -2.13. The highest BCUT2D eigenvalue weighted by atomic mass is 16.5. The number of amides is 1. The third-order valence-electron chi connectivity index (χ3n) is 4.78. The number of aryl methyl sites for hydroxylation is 1. The van der Waals surface area contributed by atoms with E-state index in [9.17, 15) is 4.79 Å². The maximum Gasteiger partial charge on any atom is 0.259 e. The van der Waals surface area contributed by atoms with Crippen LogP contribution in [0.1, 0.15) is 16.1 Å². The molecule has 0 aliphatic carbocycles. The molecule has 6 heteroatoms. The molecule has 0 aliphatic heterocycles. The van der Waals surface area contributed by atoms with Crippen molar-refractivity contribution in [2.45, 2.75) is 6.92 Å². The molecule has 0 fully saturated rings. The maximum atomic E-state index is 13.2. The summed E-state index contributed by atoms with van der Waals surface area (Å²) in [7, 11) is 0. The number of carbonyl (C=O) groups is 1. The zero-order chi connectivity index (χ0) is 19.8. The number of anilines is 1. The van der Waals surface area contributed by atoms with E-state index in [1.54, 1.807) is 19.2 Å². The van der Waals surface area contributed by atoms with E-state index in [1.807, 2.05) is 60.7 Å². The quantitative estimate of drug-likeness (QED) is 0.476. The average molecular weight is 380 g/mol. The van der Waals surface area contributed by atoms with Crippen molar-refractivity contribution in [3.8, 4) is 11.3 Å². The number of para-hydroxylation sites is 1. The number of fused-ring (bicyclic) bond motifs is 2. The minimum atomic E-state index is -0.266. The van der Waals surface area contributed by atoms with Crippen LogP contribution < -0.4 is 5.32 Å². The molecular formula is C23H16N4O2. The highest BCUT2D eigenvalue weighted by molar-refractivity contribution is 6.13. The number of nitrogens with zero attached hydrogens (tertiary/aromatic N) is 3. The monoisotopic (exact) mass is 380 g/mol. The van der Waals surface area contributed by atoms with Gasteiger partial charge in [-0.3, -0.25) is 9.78 Å². The van der Waals surface area contributed by atoms with Crippen LogP contribution in [0.15, 0.2) is 77.4 Å². The fourth-order valence-corrected chi connectivity index (χ4v) is 3.37. The van der Waals surface area contributed by atoms with Crippen molar-refractivity contribution in [1.82, 2.24) is 15.1 Å². The van der Waals surface area contributed by atoms with Crippen molar-refractivity contribution in [3.63, 3.8) is 0 Å². The van der Waals surface area contributed by atoms with Gasteiger partial charge in [-0.2, -0.15) is 0 Å². The van der Waals surface area contributed by atoms with Crippen molar-refractivity contribution in [3.05, 3.63) is 84.2 Å². The lowest BCUT2D eigenvalue weighted by atomic mass is 10.0. The number of hydrogen-bond acceptors (Lipinski definition) is 5. The minimum Gasteiger partial charge on any atom is -0.335 e. The second kappa shape index (κ2) is 6.83. The first-order chi connectivity index (χ1) is 14.2. The Morgan fingerprint density at radius 1 is 1.00 bits per heavy atom. The molecule has 3 aromatic heterocycles. The number of hydrogen-bond donors (Lipinski definition) is 1. The fourth-order valence-electron chi connectivity index (χ4n) is 3.37. The second-order valence-corrected chi connectivity index (χ2v) is 6.74. The Morgan fingerprint density at radius 2 is 1.79 bits per heavy atom. The number of nitrogens with one attached hydrogen (secondary N) is 1. The number of carbonyl (C=O) groups excluding carboxylic acids is 1. The summed E-state index contributed by atoms with van der Waals surface area (Å²) in [5.41, 5.74) is 4.45. The molecule has 0 radical (unpaired) electrons. The van der Waals surface area contributed by atoms with Gasteiger partial charge in [0.15, 0.2) is 0 Å². The second-order valence-electron chi connectivity index (χ2n) is 6.74. The molecular weight excluding hydrogens is 364 g/mol. The summed E-state index contributed by atoms with van der Waals surface area (Å²) < 4.78 is 5.36. The molecule has 0 spiro atoms. The molecule has 3 heterocycles. The molecule has 140 valence electrons. The highest BCUT2D eigenvalue weighted by Gasteiger charge is 2.19. The van der Waals surface area contributed by atoms with Crippen LogP contribution in [0.25, 0.3) is 33.3 Å². The number of rotatable bonds is 3. The van der Waals surface area contributed by atoms with Gasteiger partial charge in [-0.15, -0.1) is 0 Å². The summed E-state index contributed by atoms with van der Waals surface area (Å²) in [6, 6.07) is 21.1. The van der Waals surface area contributed by atoms with Gasteiger partial charge >= 0.3 is 0 Å². The van der Waals surface area contributed by atoms with Crippen molar-refractivity contribution in [2.75, 3.05) is 5.32 Å². The zero-order valence-electron chi connectivity index (χ0n) is 15.6. The molecule has 0 bridgehead atoms. The van der Waals surface area contributed by atoms with Gasteiger partial charge in [0.2, 0.25) is 0 Å². The predicted molar refractivity (Wildman–Crippen MR) is 112 cm³/mol. The molecule has 0 atom stereocenters. The molecule has 0 aliphatic rings. The first-order valence-electron chi connectivity index (χ1n) is 9.17. The van der Waals surface area contributed by atoms with Gasteiger partial charge in [-0.05, 0) is 25.1 Å². The van der Waals surface area contributed by atoms with E-state index in [0.29, 0.717) is 33.7 Å². The number of pyridine rings is 2. The SMILES string of the molecule is Cc1noc2nc(-c3ccccc3)cc(C(=O)Nc3cnc4ccccc4c3)c12. The zero-order valence-corrected chi connectivity index (χ0v) is 15.6. The summed E-state index contributed by atoms with van der Waals surface area (Å²) in [6.07, 6.45) is 1.65. The standard InChI is InChI=1S/C23H16N4O2/c1-14-21-18(12-20(26-23(21)29-27-14)15-7-3-2-4-8-15)22(28)25-17-11-16-9-5-6-10-19(16)24-13-17/h2-13H,1H3,(H,25,28). The van der Waals surface area contributed by atoms with Crippen LogP contribution in [-0.2, 0) is 0 Å². The first kappa shape index (κ1) is 17.1. The normalized spacial score (nSPS) is 11.1. The molecule has 2 aromatic carbocycles. The molecule has 6 nitrogen and oxygen atoms in total. The summed E-state index contributed by atoms with van der Waals surface area (Å²) >= 11 is 0. The van der Waals surface area contributed by atoms with E-state index in [2.05, 4.69) is 20.4 Å². The molecule has 1 N–H and O–H groups in total. The van der Waals surface area contributed by atoms with Gasteiger partial charge in [0.1, 0.15) is 0 Å². The predicted octanol–water partition coefficient (Wildman–Crippen LogP) is 5.00. The van der Waals surface area contributed by atoms with Crippen LogP contribution >= 0.6 is 0 Å². The maximum absolute atomic E-state index is 13.2. The average Bonchev–Trinajstić information content (AvgIpc) is 3.14. The van der Waals surface area contributed by atoms with Crippen LogP contribution in [0.3, 0.4) is 0 Å². The minimum absolute atomic E-state index is 0.266. The highest BCUT2D eigenvalue weighted by Crippen LogP contribution is 2.28. The Labute approximate surface area is 166 Å². The van der Waals surface area contributed by atoms with Gasteiger partial charge in [0.05, 0.1) is 39.7 Å². The van der Waals surface area contributed by atoms with E-state index in [0.717, 1.165) is 16.5 Å². The van der Waals surface area contributed by atoms with Crippen molar-refractivity contribution < 1.29 is 9.32 Å². The summed E-state index contributed by atoms with van der Waals surface area (Å²) in [4.78, 5) is 22.1. The Morgan fingerprint density at radius 3 is 2.66 bits per heavy atom. The molecule has 1 amide bonds. The van der Waals surface area contributed by atoms with Gasteiger partial charge in [-0.1, -0.05) is 53.7 Å². The molecule has 5 rings (SSSR count). The van der Waals surface area contributed by atoms with Crippen LogP contribution in [0.5, 0.6) is 0 Å². The van der Waals surface area contributed by atoms with E-state index in [-0.39, 0.29) is 5.91 Å². The van der Waals surface area contributed by atoms with E-state index in [1.165, 1.54) is 0 Å². The molecule has 5 aromatic rings. The molecule has 0 saturated carbocycles. The van der Waals surface area contributed by atoms with Gasteiger partial charge < -0.3 is 9.84 Å². The summed E-state index contributed by atoms with van der Waals surface area (Å²) in [6.45, 7) is 1.80. The Bertz CT molecular complexity index is 1360. The smallest absolute Gasteiger partial charge is 0.259 e. The number of aromatic nitrogens is 3.